The maximum atomic E-state index is 14.2. The highest BCUT2D eigenvalue weighted by molar-refractivity contribution is 5.88. The number of nitrogens with one attached hydrogen (secondary N) is 1. The van der Waals surface area contributed by atoms with Crippen LogP contribution in [-0.2, 0) is 0 Å². The fraction of sp³-hybridized carbons (Fsp3) is 0.118. The molecule has 0 bridgehead atoms. The van der Waals surface area contributed by atoms with E-state index in [2.05, 4.69) is 10.2 Å². The molecule has 0 aliphatic carbocycles. The number of nitrogen functional groups attached to an aromatic ring is 1. The molecule has 0 unspecified atom stereocenters. The molecule has 3 nitrogen and oxygen atoms in total. The van der Waals surface area contributed by atoms with Gasteiger partial charge in [0.05, 0.1) is 11.3 Å². The van der Waals surface area contributed by atoms with Crippen molar-refractivity contribution in [3.05, 3.63) is 59.4 Å². The molecule has 3 N–H and O–H groups in total. The standard InChI is InChI=1S/C17H16FN3/c1-10-4-3-5-12(8-10)15-16(20-21-17(15)19)13-7-6-11(2)9-14(13)18/h3-9H,1-2H3,(H3,19,20,21). The number of aromatic nitrogens is 2. The number of rotatable bonds is 2. The van der Waals surface area contributed by atoms with E-state index in [0.717, 1.165) is 22.3 Å². The average molecular weight is 281 g/mol. The van der Waals surface area contributed by atoms with Crippen LogP contribution in [0.5, 0.6) is 0 Å². The highest BCUT2D eigenvalue weighted by atomic mass is 19.1. The Kier molecular flexibility index (Phi) is 3.22. The van der Waals surface area contributed by atoms with Crippen LogP contribution in [0.3, 0.4) is 0 Å². The molecule has 0 amide bonds. The summed E-state index contributed by atoms with van der Waals surface area (Å²) in [5.74, 6) is 0.0862. The zero-order valence-electron chi connectivity index (χ0n) is 11.9. The van der Waals surface area contributed by atoms with Crippen LogP contribution in [0.1, 0.15) is 11.1 Å². The fourth-order valence-electron chi connectivity index (χ4n) is 2.47. The van der Waals surface area contributed by atoms with Crippen LogP contribution in [0.4, 0.5) is 10.2 Å². The van der Waals surface area contributed by atoms with Crippen molar-refractivity contribution in [1.82, 2.24) is 10.2 Å². The molecule has 0 aliphatic rings. The van der Waals surface area contributed by atoms with Crippen LogP contribution in [0.25, 0.3) is 22.4 Å². The van der Waals surface area contributed by atoms with Crippen molar-refractivity contribution in [3.63, 3.8) is 0 Å². The summed E-state index contributed by atoms with van der Waals surface area (Å²) in [6.07, 6.45) is 0. The number of benzene rings is 2. The van der Waals surface area contributed by atoms with Crippen molar-refractivity contribution in [3.8, 4) is 22.4 Å². The Morgan fingerprint density at radius 2 is 1.81 bits per heavy atom. The van der Waals surface area contributed by atoms with Crippen molar-refractivity contribution < 1.29 is 4.39 Å². The van der Waals surface area contributed by atoms with E-state index in [4.69, 9.17) is 5.73 Å². The molecule has 2 aromatic carbocycles. The van der Waals surface area contributed by atoms with Gasteiger partial charge in [-0.25, -0.2) is 4.39 Å². The zero-order valence-corrected chi connectivity index (χ0v) is 11.9. The summed E-state index contributed by atoms with van der Waals surface area (Å²) in [5.41, 5.74) is 10.7. The predicted molar refractivity (Wildman–Crippen MR) is 83.3 cm³/mol. The normalized spacial score (nSPS) is 10.8. The highest BCUT2D eigenvalue weighted by Crippen LogP contribution is 2.36. The Morgan fingerprint density at radius 1 is 1.05 bits per heavy atom. The molecule has 4 heteroatoms. The highest BCUT2D eigenvalue weighted by Gasteiger charge is 2.17. The molecule has 1 aromatic heterocycles. The van der Waals surface area contributed by atoms with Gasteiger partial charge in [0.1, 0.15) is 5.82 Å². The Hall–Kier alpha value is -2.62. The molecule has 0 atom stereocenters. The molecule has 0 fully saturated rings. The Bertz CT molecular complexity index is 806. The smallest absolute Gasteiger partial charge is 0.153 e. The third-order valence-corrected chi connectivity index (χ3v) is 3.49. The lowest BCUT2D eigenvalue weighted by molar-refractivity contribution is 0.629. The van der Waals surface area contributed by atoms with Gasteiger partial charge in [0.25, 0.3) is 0 Å². The number of nitrogens with two attached hydrogens (primary N) is 1. The van der Waals surface area contributed by atoms with Gasteiger partial charge < -0.3 is 5.73 Å². The lowest BCUT2D eigenvalue weighted by Crippen LogP contribution is -1.91. The Morgan fingerprint density at radius 3 is 2.52 bits per heavy atom. The second-order valence-electron chi connectivity index (χ2n) is 5.21. The summed E-state index contributed by atoms with van der Waals surface area (Å²) in [7, 11) is 0. The number of anilines is 1. The number of nitrogens with zero attached hydrogens (tertiary/aromatic N) is 1. The van der Waals surface area contributed by atoms with Gasteiger partial charge in [0.15, 0.2) is 5.82 Å². The quantitative estimate of drug-likeness (QED) is 0.743. The van der Waals surface area contributed by atoms with Gasteiger partial charge in [-0.3, -0.25) is 5.10 Å². The summed E-state index contributed by atoms with van der Waals surface area (Å²) >= 11 is 0. The second-order valence-corrected chi connectivity index (χ2v) is 5.21. The maximum Gasteiger partial charge on any atom is 0.153 e. The van der Waals surface area contributed by atoms with Crippen molar-refractivity contribution in [1.29, 1.82) is 0 Å². The lowest BCUT2D eigenvalue weighted by Gasteiger charge is -2.07. The van der Waals surface area contributed by atoms with Crippen LogP contribution < -0.4 is 5.73 Å². The minimum atomic E-state index is -0.285. The SMILES string of the molecule is Cc1cccc(-c2c(N)n[nH]c2-c2ccc(C)cc2F)c1. The molecule has 0 saturated carbocycles. The fourth-order valence-corrected chi connectivity index (χ4v) is 2.47. The zero-order chi connectivity index (χ0) is 15.0. The Labute approximate surface area is 122 Å². The van der Waals surface area contributed by atoms with Gasteiger partial charge in [-0.15, -0.1) is 0 Å². The first-order valence-corrected chi connectivity index (χ1v) is 6.73. The van der Waals surface area contributed by atoms with Crippen LogP contribution in [-0.4, -0.2) is 10.2 Å². The van der Waals surface area contributed by atoms with Crippen LogP contribution in [0, 0.1) is 19.7 Å². The number of H-pyrrole nitrogens is 1. The average Bonchev–Trinajstić information content (AvgIpc) is 2.80. The molecule has 0 saturated heterocycles. The molecular weight excluding hydrogens is 265 g/mol. The molecule has 0 aliphatic heterocycles. The topological polar surface area (TPSA) is 54.7 Å². The summed E-state index contributed by atoms with van der Waals surface area (Å²) in [5, 5.41) is 6.90. The minimum Gasteiger partial charge on any atom is -0.382 e. The second kappa shape index (κ2) is 5.05. The van der Waals surface area contributed by atoms with Gasteiger partial charge in [-0.2, -0.15) is 5.10 Å². The monoisotopic (exact) mass is 281 g/mol. The van der Waals surface area contributed by atoms with Gasteiger partial charge in [-0.05, 0) is 37.1 Å². The Balaban J connectivity index is 2.22. The molecule has 106 valence electrons. The molecule has 1 heterocycles. The van der Waals surface area contributed by atoms with Crippen LogP contribution >= 0.6 is 0 Å². The van der Waals surface area contributed by atoms with Crippen LogP contribution in [0.2, 0.25) is 0 Å². The number of hydrogen-bond acceptors (Lipinski definition) is 2. The van der Waals surface area contributed by atoms with Crippen molar-refractivity contribution >= 4 is 5.82 Å². The summed E-state index contributed by atoms with van der Waals surface area (Å²) < 4.78 is 14.2. The van der Waals surface area contributed by atoms with E-state index in [-0.39, 0.29) is 5.82 Å². The molecule has 3 rings (SSSR count). The lowest BCUT2D eigenvalue weighted by atomic mass is 9.98. The van der Waals surface area contributed by atoms with Gasteiger partial charge in [-0.1, -0.05) is 35.9 Å². The van der Waals surface area contributed by atoms with Crippen molar-refractivity contribution in [2.24, 2.45) is 0 Å². The van der Waals surface area contributed by atoms with Crippen LogP contribution in [0.15, 0.2) is 42.5 Å². The number of halogens is 1. The third-order valence-electron chi connectivity index (χ3n) is 3.49. The predicted octanol–water partition coefficient (Wildman–Crippen LogP) is 4.08. The minimum absolute atomic E-state index is 0.285. The van der Waals surface area contributed by atoms with Gasteiger partial charge in [0.2, 0.25) is 0 Å². The van der Waals surface area contributed by atoms with E-state index in [1.54, 1.807) is 6.07 Å². The summed E-state index contributed by atoms with van der Waals surface area (Å²) in [4.78, 5) is 0. The molecular formula is C17H16FN3. The summed E-state index contributed by atoms with van der Waals surface area (Å²) in [6.45, 7) is 3.86. The maximum absolute atomic E-state index is 14.2. The number of aromatic amines is 1. The first kappa shape index (κ1) is 13.4. The van der Waals surface area contributed by atoms with E-state index >= 15 is 0 Å². The third kappa shape index (κ3) is 2.40. The van der Waals surface area contributed by atoms with Gasteiger partial charge >= 0.3 is 0 Å². The molecule has 21 heavy (non-hydrogen) atoms. The molecule has 3 aromatic rings. The van der Waals surface area contributed by atoms with E-state index in [1.807, 2.05) is 44.2 Å². The molecule has 0 radical (unpaired) electrons. The van der Waals surface area contributed by atoms with Gasteiger partial charge in [0, 0.05) is 5.56 Å². The van der Waals surface area contributed by atoms with E-state index < -0.39 is 0 Å². The van der Waals surface area contributed by atoms with E-state index in [0.29, 0.717) is 17.1 Å². The first-order valence-electron chi connectivity index (χ1n) is 6.73. The largest absolute Gasteiger partial charge is 0.382 e. The van der Waals surface area contributed by atoms with E-state index in [9.17, 15) is 4.39 Å². The summed E-state index contributed by atoms with van der Waals surface area (Å²) in [6, 6.07) is 13.0. The van der Waals surface area contributed by atoms with E-state index in [1.165, 1.54) is 6.07 Å². The van der Waals surface area contributed by atoms with Crippen molar-refractivity contribution in [2.75, 3.05) is 5.73 Å². The molecule has 0 spiro atoms. The first-order chi connectivity index (χ1) is 10.1. The number of aryl methyl sites for hydroxylation is 2. The number of hydrogen-bond donors (Lipinski definition) is 2. The van der Waals surface area contributed by atoms with Crippen molar-refractivity contribution in [2.45, 2.75) is 13.8 Å².